The molecule has 0 fully saturated rings. The third kappa shape index (κ3) is 2.21. The number of benzene rings is 2. The maximum Gasteiger partial charge on any atom is 0.248 e. The molecule has 2 aromatic carbocycles. The smallest absolute Gasteiger partial charge is 0.248 e. The molecule has 3 nitrogen and oxygen atoms in total. The molecular formula is C16H13ClN2O. The average Bonchev–Trinajstić information content (AvgIpc) is 2.59. The van der Waals surface area contributed by atoms with Gasteiger partial charge in [-0.2, -0.15) is 0 Å². The molecule has 0 unspecified atom stereocenters. The van der Waals surface area contributed by atoms with Crippen LogP contribution in [-0.4, -0.2) is 25.2 Å². The average molecular weight is 285 g/mol. The van der Waals surface area contributed by atoms with Gasteiger partial charge in [0.2, 0.25) is 5.91 Å². The lowest BCUT2D eigenvalue weighted by atomic mass is 10.0. The van der Waals surface area contributed by atoms with Crippen molar-refractivity contribution in [2.24, 2.45) is 4.99 Å². The highest BCUT2D eigenvalue weighted by Gasteiger charge is 2.22. The van der Waals surface area contributed by atoms with Gasteiger partial charge in [-0.3, -0.25) is 9.79 Å². The van der Waals surface area contributed by atoms with Gasteiger partial charge in [-0.15, -0.1) is 0 Å². The molecule has 1 aliphatic rings. The summed E-state index contributed by atoms with van der Waals surface area (Å²) in [5, 5.41) is 0.609. The zero-order chi connectivity index (χ0) is 14.1. The van der Waals surface area contributed by atoms with Crippen molar-refractivity contribution in [3.8, 4) is 0 Å². The Balaban J connectivity index is 2.22. The first-order chi connectivity index (χ1) is 9.66. The first kappa shape index (κ1) is 12.9. The number of amides is 1. The number of hydrogen-bond acceptors (Lipinski definition) is 2. The van der Waals surface area contributed by atoms with Crippen LogP contribution in [0.3, 0.4) is 0 Å². The molecule has 0 spiro atoms. The van der Waals surface area contributed by atoms with Crippen molar-refractivity contribution < 1.29 is 4.79 Å². The molecule has 1 heterocycles. The molecule has 0 radical (unpaired) electrons. The van der Waals surface area contributed by atoms with Crippen LogP contribution in [0.1, 0.15) is 11.1 Å². The Kier molecular flexibility index (Phi) is 3.28. The Morgan fingerprint density at radius 1 is 1.15 bits per heavy atom. The molecule has 4 heteroatoms. The second-order valence-electron chi connectivity index (χ2n) is 4.65. The summed E-state index contributed by atoms with van der Waals surface area (Å²) < 4.78 is 0. The summed E-state index contributed by atoms with van der Waals surface area (Å²) in [5.74, 6) is -0.0422. The van der Waals surface area contributed by atoms with E-state index in [1.165, 1.54) is 0 Å². The van der Waals surface area contributed by atoms with Gasteiger partial charge >= 0.3 is 0 Å². The molecule has 0 N–H and O–H groups in total. The number of carbonyl (C=O) groups excluding carboxylic acids is 1. The SMILES string of the molecule is CN1C(=O)CN=C(c2ccccc2)c2ccc(Cl)cc21. The molecular weight excluding hydrogens is 272 g/mol. The molecule has 0 aliphatic carbocycles. The van der Waals surface area contributed by atoms with E-state index in [1.807, 2.05) is 42.5 Å². The van der Waals surface area contributed by atoms with Crippen LogP contribution in [0.4, 0.5) is 5.69 Å². The quantitative estimate of drug-likeness (QED) is 0.792. The zero-order valence-corrected chi connectivity index (χ0v) is 11.8. The molecule has 0 bridgehead atoms. The standard InChI is InChI=1S/C16H13ClN2O/c1-19-14-9-12(17)7-8-13(14)16(18-10-15(19)20)11-5-3-2-4-6-11/h2-9H,10H2,1H3. The molecule has 3 rings (SSSR count). The lowest BCUT2D eigenvalue weighted by Gasteiger charge is -2.18. The third-order valence-electron chi connectivity index (χ3n) is 3.37. The lowest BCUT2D eigenvalue weighted by molar-refractivity contribution is -0.116. The van der Waals surface area contributed by atoms with Crippen LogP contribution in [0.2, 0.25) is 5.02 Å². The zero-order valence-electron chi connectivity index (χ0n) is 11.0. The fourth-order valence-electron chi connectivity index (χ4n) is 2.30. The number of aliphatic imine (C=N–C) groups is 1. The van der Waals surface area contributed by atoms with E-state index in [0.29, 0.717) is 5.02 Å². The van der Waals surface area contributed by atoms with Crippen molar-refractivity contribution in [1.82, 2.24) is 0 Å². The van der Waals surface area contributed by atoms with Crippen LogP contribution in [-0.2, 0) is 4.79 Å². The van der Waals surface area contributed by atoms with Crippen LogP contribution in [0, 0.1) is 0 Å². The summed E-state index contributed by atoms with van der Waals surface area (Å²) in [6.07, 6.45) is 0. The van der Waals surface area contributed by atoms with Crippen LogP contribution in [0.5, 0.6) is 0 Å². The van der Waals surface area contributed by atoms with Gasteiger partial charge in [0.05, 0.1) is 11.4 Å². The van der Waals surface area contributed by atoms with E-state index < -0.39 is 0 Å². The Labute approximate surface area is 122 Å². The van der Waals surface area contributed by atoms with Crippen molar-refractivity contribution in [3.63, 3.8) is 0 Å². The van der Waals surface area contributed by atoms with Gasteiger partial charge in [0.15, 0.2) is 0 Å². The molecule has 2 aromatic rings. The molecule has 100 valence electrons. The maximum atomic E-state index is 12.0. The molecule has 0 saturated carbocycles. The van der Waals surface area contributed by atoms with E-state index in [2.05, 4.69) is 4.99 Å². The summed E-state index contributed by atoms with van der Waals surface area (Å²) in [5.41, 5.74) is 3.55. The molecule has 0 aromatic heterocycles. The monoisotopic (exact) mass is 284 g/mol. The maximum absolute atomic E-state index is 12.0. The van der Waals surface area contributed by atoms with Gasteiger partial charge in [-0.1, -0.05) is 41.9 Å². The summed E-state index contributed by atoms with van der Waals surface area (Å²) in [7, 11) is 1.75. The van der Waals surface area contributed by atoms with E-state index >= 15 is 0 Å². The topological polar surface area (TPSA) is 32.7 Å². The van der Waals surface area contributed by atoms with E-state index in [1.54, 1.807) is 18.0 Å². The van der Waals surface area contributed by atoms with E-state index in [9.17, 15) is 4.79 Å². The molecule has 20 heavy (non-hydrogen) atoms. The number of benzodiazepines with no additional fused rings is 1. The highest BCUT2D eigenvalue weighted by atomic mass is 35.5. The summed E-state index contributed by atoms with van der Waals surface area (Å²) in [6.45, 7) is 0.146. The predicted octanol–water partition coefficient (Wildman–Crippen LogP) is 3.15. The van der Waals surface area contributed by atoms with Crippen LogP contribution >= 0.6 is 11.6 Å². The molecule has 0 atom stereocenters. The Morgan fingerprint density at radius 2 is 1.90 bits per heavy atom. The highest BCUT2D eigenvalue weighted by molar-refractivity contribution is 6.31. The number of hydrogen-bond donors (Lipinski definition) is 0. The number of halogens is 1. The van der Waals surface area contributed by atoms with Gasteiger partial charge in [-0.05, 0) is 18.2 Å². The summed E-state index contributed by atoms with van der Waals surface area (Å²) in [6, 6.07) is 15.4. The second-order valence-corrected chi connectivity index (χ2v) is 5.08. The van der Waals surface area contributed by atoms with Crippen molar-refractivity contribution in [2.75, 3.05) is 18.5 Å². The summed E-state index contributed by atoms with van der Waals surface area (Å²) in [4.78, 5) is 18.1. The lowest BCUT2D eigenvalue weighted by Crippen LogP contribution is -2.27. The van der Waals surface area contributed by atoms with Crippen LogP contribution in [0.25, 0.3) is 0 Å². The van der Waals surface area contributed by atoms with Crippen molar-refractivity contribution in [1.29, 1.82) is 0 Å². The van der Waals surface area contributed by atoms with Gasteiger partial charge in [0.1, 0.15) is 6.54 Å². The fourth-order valence-corrected chi connectivity index (χ4v) is 2.46. The first-order valence-corrected chi connectivity index (χ1v) is 6.71. The van der Waals surface area contributed by atoms with Gasteiger partial charge in [0.25, 0.3) is 0 Å². The number of anilines is 1. The van der Waals surface area contributed by atoms with Crippen molar-refractivity contribution in [3.05, 3.63) is 64.7 Å². The van der Waals surface area contributed by atoms with Gasteiger partial charge < -0.3 is 4.90 Å². The van der Waals surface area contributed by atoms with Gasteiger partial charge in [0, 0.05) is 23.2 Å². The minimum atomic E-state index is -0.0422. The minimum absolute atomic E-state index is 0.0422. The highest BCUT2D eigenvalue weighted by Crippen LogP contribution is 2.28. The summed E-state index contributed by atoms with van der Waals surface area (Å²) >= 11 is 6.06. The predicted molar refractivity (Wildman–Crippen MR) is 81.8 cm³/mol. The normalized spacial score (nSPS) is 14.6. The van der Waals surface area contributed by atoms with Crippen LogP contribution in [0.15, 0.2) is 53.5 Å². The second kappa shape index (κ2) is 5.10. The number of carbonyl (C=O) groups is 1. The first-order valence-electron chi connectivity index (χ1n) is 6.33. The van der Waals surface area contributed by atoms with Crippen LogP contribution < -0.4 is 4.90 Å². The number of likely N-dealkylation sites (N-methyl/N-ethyl adjacent to an activating group) is 1. The molecule has 0 saturated heterocycles. The largest absolute Gasteiger partial charge is 0.313 e. The van der Waals surface area contributed by atoms with Crippen molar-refractivity contribution >= 4 is 28.9 Å². The van der Waals surface area contributed by atoms with Gasteiger partial charge in [-0.25, -0.2) is 0 Å². The van der Waals surface area contributed by atoms with E-state index in [0.717, 1.165) is 22.5 Å². The minimum Gasteiger partial charge on any atom is -0.313 e. The Morgan fingerprint density at radius 3 is 2.65 bits per heavy atom. The third-order valence-corrected chi connectivity index (χ3v) is 3.61. The number of nitrogens with zero attached hydrogens (tertiary/aromatic N) is 2. The molecule has 1 aliphatic heterocycles. The Bertz CT molecular complexity index is 695. The van der Waals surface area contributed by atoms with E-state index in [4.69, 9.17) is 11.6 Å². The van der Waals surface area contributed by atoms with Crippen molar-refractivity contribution in [2.45, 2.75) is 0 Å². The number of fused-ring (bicyclic) bond motifs is 1. The van der Waals surface area contributed by atoms with E-state index in [-0.39, 0.29) is 12.5 Å². The fraction of sp³-hybridized carbons (Fsp3) is 0.125. The molecule has 1 amide bonds. The Hall–Kier alpha value is -2.13. The number of rotatable bonds is 1.